The van der Waals surface area contributed by atoms with Gasteiger partial charge in [-0.15, -0.1) is 0 Å². The Hall–Kier alpha value is -2.14. The van der Waals surface area contributed by atoms with Gasteiger partial charge in [0.15, 0.2) is 11.6 Å². The topological polar surface area (TPSA) is 43.8 Å². The van der Waals surface area contributed by atoms with Crippen molar-refractivity contribution in [2.45, 2.75) is 0 Å². The van der Waals surface area contributed by atoms with Crippen molar-refractivity contribution >= 4 is 28.6 Å². The molecule has 1 heterocycles. The van der Waals surface area contributed by atoms with Gasteiger partial charge in [0.05, 0.1) is 11.2 Å². The lowest BCUT2D eigenvalue weighted by Crippen LogP contribution is -2.02. The molecule has 0 fully saturated rings. The van der Waals surface area contributed by atoms with Crippen molar-refractivity contribution in [2.24, 2.45) is 0 Å². The Balaban J connectivity index is 2.40. The zero-order chi connectivity index (χ0) is 13.6. The summed E-state index contributed by atoms with van der Waals surface area (Å²) in [5.74, 6) is -1.86. The van der Waals surface area contributed by atoms with Gasteiger partial charge in [-0.25, -0.2) is 13.8 Å². The molecular weight excluding hydrogens is 272 g/mol. The summed E-state index contributed by atoms with van der Waals surface area (Å²) < 4.78 is 28.6. The first-order valence-corrected chi connectivity index (χ1v) is 5.83. The van der Waals surface area contributed by atoms with Gasteiger partial charge in [0.1, 0.15) is 5.52 Å². The van der Waals surface area contributed by atoms with Crippen LogP contribution in [0.5, 0.6) is 0 Å². The first-order valence-electron chi connectivity index (χ1n) is 5.46. The molecule has 96 valence electrons. The van der Waals surface area contributed by atoms with Crippen molar-refractivity contribution in [3.8, 4) is 5.69 Å². The molecule has 2 aromatic carbocycles. The summed E-state index contributed by atoms with van der Waals surface area (Å²) >= 11 is 5.89. The Morgan fingerprint density at radius 3 is 2.68 bits per heavy atom. The monoisotopic (exact) mass is 279 g/mol. The number of halogens is 3. The average molecular weight is 280 g/mol. The lowest BCUT2D eigenvalue weighted by atomic mass is 10.2. The van der Waals surface area contributed by atoms with Crippen molar-refractivity contribution in [3.63, 3.8) is 0 Å². The average Bonchev–Trinajstić information content (AvgIpc) is 2.71. The molecule has 0 unspecified atom stereocenters. The van der Waals surface area contributed by atoms with Crippen LogP contribution in [0.4, 0.5) is 14.7 Å². The quantitative estimate of drug-likeness (QED) is 0.740. The highest BCUT2D eigenvalue weighted by molar-refractivity contribution is 6.30. The lowest BCUT2D eigenvalue weighted by molar-refractivity contribution is 0.514. The molecule has 0 radical (unpaired) electrons. The van der Waals surface area contributed by atoms with Gasteiger partial charge in [0.25, 0.3) is 0 Å². The first kappa shape index (κ1) is 11.9. The third kappa shape index (κ3) is 1.82. The van der Waals surface area contributed by atoms with E-state index < -0.39 is 11.6 Å². The van der Waals surface area contributed by atoms with Gasteiger partial charge in [-0.1, -0.05) is 17.7 Å². The molecule has 0 aliphatic heterocycles. The summed E-state index contributed by atoms with van der Waals surface area (Å²) in [5, 5.41) is 0.468. The fraction of sp³-hybridized carbons (Fsp3) is 0. The van der Waals surface area contributed by atoms with Crippen LogP contribution in [-0.4, -0.2) is 9.55 Å². The second-order valence-electron chi connectivity index (χ2n) is 4.01. The summed E-state index contributed by atoms with van der Waals surface area (Å²) in [6.45, 7) is 0. The first-order chi connectivity index (χ1) is 9.08. The number of nitrogens with two attached hydrogens (primary N) is 1. The second kappa shape index (κ2) is 4.20. The van der Waals surface area contributed by atoms with Crippen LogP contribution in [-0.2, 0) is 0 Å². The largest absolute Gasteiger partial charge is 0.369 e. The van der Waals surface area contributed by atoms with E-state index in [0.717, 1.165) is 6.07 Å². The van der Waals surface area contributed by atoms with Crippen molar-refractivity contribution in [3.05, 3.63) is 53.1 Å². The Labute approximate surface area is 112 Å². The molecule has 3 aromatic rings. The molecule has 3 nitrogen and oxygen atoms in total. The van der Waals surface area contributed by atoms with Gasteiger partial charge < -0.3 is 5.73 Å². The standard InChI is InChI=1S/C13H8ClF2N3/c14-7-2-1-3-8(6-7)19-12-10(18-13(19)17)5-4-9(15)11(12)16/h1-6H,(H2,17,18). The highest BCUT2D eigenvalue weighted by Crippen LogP contribution is 2.27. The molecule has 0 amide bonds. The predicted molar refractivity (Wildman–Crippen MR) is 70.4 cm³/mol. The van der Waals surface area contributed by atoms with Gasteiger partial charge >= 0.3 is 0 Å². The predicted octanol–water partition coefficient (Wildman–Crippen LogP) is 3.54. The maximum absolute atomic E-state index is 13.9. The minimum atomic E-state index is -0.985. The maximum atomic E-state index is 13.9. The van der Waals surface area contributed by atoms with Gasteiger partial charge in [-0.2, -0.15) is 0 Å². The number of aromatic nitrogens is 2. The van der Waals surface area contributed by atoms with Crippen molar-refractivity contribution < 1.29 is 8.78 Å². The number of nitrogens with zero attached hydrogens (tertiary/aromatic N) is 2. The summed E-state index contributed by atoms with van der Waals surface area (Å²) in [4.78, 5) is 4.01. The van der Waals surface area contributed by atoms with E-state index in [-0.39, 0.29) is 17.0 Å². The maximum Gasteiger partial charge on any atom is 0.206 e. The molecule has 0 spiro atoms. The van der Waals surface area contributed by atoms with Crippen LogP contribution < -0.4 is 5.73 Å². The number of benzene rings is 2. The molecule has 3 rings (SSSR count). The van der Waals surface area contributed by atoms with Crippen molar-refractivity contribution in [1.82, 2.24) is 9.55 Å². The van der Waals surface area contributed by atoms with E-state index in [2.05, 4.69) is 4.98 Å². The molecule has 0 saturated carbocycles. The van der Waals surface area contributed by atoms with E-state index in [4.69, 9.17) is 17.3 Å². The molecule has 0 atom stereocenters. The third-order valence-corrected chi connectivity index (χ3v) is 3.04. The normalized spacial score (nSPS) is 11.1. The summed E-state index contributed by atoms with van der Waals surface area (Å²) in [7, 11) is 0. The molecule has 6 heteroatoms. The summed E-state index contributed by atoms with van der Waals surface area (Å²) in [6, 6.07) is 9.06. The molecule has 0 aliphatic rings. The van der Waals surface area contributed by atoms with Gasteiger partial charge in [-0.05, 0) is 30.3 Å². The smallest absolute Gasteiger partial charge is 0.206 e. The molecule has 0 bridgehead atoms. The van der Waals surface area contributed by atoms with E-state index in [1.165, 1.54) is 10.6 Å². The highest BCUT2D eigenvalue weighted by Gasteiger charge is 2.17. The fourth-order valence-corrected chi connectivity index (χ4v) is 2.18. The van der Waals surface area contributed by atoms with Crippen molar-refractivity contribution in [1.29, 1.82) is 0 Å². The molecule has 1 aromatic heterocycles. The zero-order valence-electron chi connectivity index (χ0n) is 9.57. The molecule has 0 saturated heterocycles. The van der Waals surface area contributed by atoms with E-state index in [0.29, 0.717) is 10.7 Å². The van der Waals surface area contributed by atoms with E-state index in [1.54, 1.807) is 24.3 Å². The number of fused-ring (bicyclic) bond motifs is 1. The summed E-state index contributed by atoms with van der Waals surface area (Å²) in [5.41, 5.74) is 6.59. The molecule has 19 heavy (non-hydrogen) atoms. The number of imidazole rings is 1. The Bertz CT molecular complexity index is 783. The molecule has 0 aliphatic carbocycles. The number of hydrogen-bond acceptors (Lipinski definition) is 2. The van der Waals surface area contributed by atoms with E-state index in [9.17, 15) is 8.78 Å². The van der Waals surface area contributed by atoms with Gasteiger partial charge in [0.2, 0.25) is 5.95 Å². The number of anilines is 1. The van der Waals surface area contributed by atoms with E-state index >= 15 is 0 Å². The number of hydrogen-bond donors (Lipinski definition) is 1. The lowest BCUT2D eigenvalue weighted by Gasteiger charge is -2.07. The minimum absolute atomic E-state index is 0.000216. The Morgan fingerprint density at radius 2 is 1.95 bits per heavy atom. The van der Waals surface area contributed by atoms with Crippen LogP contribution in [0.1, 0.15) is 0 Å². The van der Waals surface area contributed by atoms with Crippen LogP contribution in [0.2, 0.25) is 5.02 Å². The van der Waals surface area contributed by atoms with Crippen LogP contribution in [0.15, 0.2) is 36.4 Å². The summed E-state index contributed by atoms with van der Waals surface area (Å²) in [6.07, 6.45) is 0. The minimum Gasteiger partial charge on any atom is -0.369 e. The highest BCUT2D eigenvalue weighted by atomic mass is 35.5. The fourth-order valence-electron chi connectivity index (χ4n) is 2.00. The van der Waals surface area contributed by atoms with E-state index in [1.807, 2.05) is 0 Å². The SMILES string of the molecule is Nc1nc2ccc(F)c(F)c2n1-c1cccc(Cl)c1. The van der Waals surface area contributed by atoms with Gasteiger partial charge in [0, 0.05) is 5.02 Å². The zero-order valence-corrected chi connectivity index (χ0v) is 10.3. The van der Waals surface area contributed by atoms with Gasteiger partial charge in [-0.3, -0.25) is 4.57 Å². The van der Waals surface area contributed by atoms with Crippen LogP contribution in [0.25, 0.3) is 16.7 Å². The Kier molecular flexibility index (Phi) is 2.64. The number of rotatable bonds is 1. The van der Waals surface area contributed by atoms with Crippen LogP contribution in [0.3, 0.4) is 0 Å². The van der Waals surface area contributed by atoms with Crippen LogP contribution >= 0.6 is 11.6 Å². The third-order valence-electron chi connectivity index (χ3n) is 2.80. The number of nitrogen functional groups attached to an aromatic ring is 1. The molecular formula is C13H8ClF2N3. The van der Waals surface area contributed by atoms with Crippen molar-refractivity contribution in [2.75, 3.05) is 5.73 Å². The molecule has 2 N–H and O–H groups in total. The second-order valence-corrected chi connectivity index (χ2v) is 4.45. The Morgan fingerprint density at radius 1 is 1.16 bits per heavy atom. The van der Waals surface area contributed by atoms with Crippen LogP contribution in [0, 0.1) is 11.6 Å².